The zero-order chi connectivity index (χ0) is 22.4. The number of amides is 2. The number of nitrogens with zero attached hydrogens (tertiary/aromatic N) is 2. The zero-order valence-corrected chi connectivity index (χ0v) is 16.9. The van der Waals surface area contributed by atoms with Crippen LogP contribution in [0, 0.1) is 0 Å². The molecule has 0 radical (unpaired) electrons. The van der Waals surface area contributed by atoms with E-state index in [1.807, 2.05) is 36.4 Å². The SMILES string of the molecule is COC(=O)N=C(N)c1ccc(-c2ccc(-c3ccc(C(N)=NC(=O)OC)cc3)o2)cc1. The Morgan fingerprint density at radius 3 is 1.35 bits per heavy atom. The van der Waals surface area contributed by atoms with Crippen LogP contribution in [0.1, 0.15) is 11.1 Å². The molecule has 158 valence electrons. The second-order valence-electron chi connectivity index (χ2n) is 6.25. The van der Waals surface area contributed by atoms with Crippen molar-refractivity contribution < 1.29 is 23.5 Å². The van der Waals surface area contributed by atoms with E-state index in [4.69, 9.17) is 15.9 Å². The number of ether oxygens (including phenoxy) is 2. The van der Waals surface area contributed by atoms with Gasteiger partial charge in [-0.25, -0.2) is 9.59 Å². The molecule has 0 atom stereocenters. The Labute approximate surface area is 178 Å². The fourth-order valence-corrected chi connectivity index (χ4v) is 2.68. The highest BCUT2D eigenvalue weighted by molar-refractivity contribution is 6.03. The number of hydrogen-bond donors (Lipinski definition) is 2. The van der Waals surface area contributed by atoms with E-state index in [0.29, 0.717) is 22.6 Å². The Morgan fingerprint density at radius 1 is 0.677 bits per heavy atom. The first-order valence-corrected chi connectivity index (χ1v) is 9.07. The van der Waals surface area contributed by atoms with Crippen molar-refractivity contribution in [3.8, 4) is 22.6 Å². The number of carbonyl (C=O) groups excluding carboxylic acids is 2. The molecule has 9 nitrogen and oxygen atoms in total. The fraction of sp³-hybridized carbons (Fsp3) is 0.0909. The number of rotatable bonds is 4. The lowest BCUT2D eigenvalue weighted by Gasteiger charge is -2.03. The van der Waals surface area contributed by atoms with Crippen LogP contribution in [0.25, 0.3) is 22.6 Å². The third-order valence-corrected chi connectivity index (χ3v) is 4.31. The summed E-state index contributed by atoms with van der Waals surface area (Å²) in [5.74, 6) is 1.43. The smallest absolute Gasteiger partial charge is 0.435 e. The average Bonchev–Trinajstić information content (AvgIpc) is 3.29. The lowest BCUT2D eigenvalue weighted by Crippen LogP contribution is -2.15. The van der Waals surface area contributed by atoms with Crippen LogP contribution in [0.2, 0.25) is 0 Å². The number of carbonyl (C=O) groups is 2. The number of methoxy groups -OCH3 is 2. The zero-order valence-electron chi connectivity index (χ0n) is 16.9. The predicted molar refractivity (Wildman–Crippen MR) is 116 cm³/mol. The molecule has 0 bridgehead atoms. The molecule has 0 saturated heterocycles. The number of nitrogens with two attached hydrogens (primary N) is 2. The summed E-state index contributed by atoms with van der Waals surface area (Å²) in [7, 11) is 2.46. The van der Waals surface area contributed by atoms with Gasteiger partial charge in [-0.3, -0.25) is 0 Å². The lowest BCUT2D eigenvalue weighted by atomic mass is 10.1. The molecule has 3 aromatic rings. The Morgan fingerprint density at radius 2 is 1.03 bits per heavy atom. The summed E-state index contributed by atoms with van der Waals surface area (Å²) in [5, 5.41) is 0. The van der Waals surface area contributed by atoms with Gasteiger partial charge >= 0.3 is 12.2 Å². The first-order chi connectivity index (χ1) is 14.9. The first kappa shape index (κ1) is 21.3. The van der Waals surface area contributed by atoms with Crippen LogP contribution in [-0.2, 0) is 9.47 Å². The number of furan rings is 1. The molecule has 31 heavy (non-hydrogen) atoms. The van der Waals surface area contributed by atoms with Gasteiger partial charge in [0.05, 0.1) is 14.2 Å². The van der Waals surface area contributed by atoms with Crippen LogP contribution >= 0.6 is 0 Å². The number of amidine groups is 2. The van der Waals surface area contributed by atoms with E-state index in [0.717, 1.165) is 11.1 Å². The van der Waals surface area contributed by atoms with Gasteiger partial charge in [-0.15, -0.1) is 0 Å². The Bertz CT molecular complexity index is 1060. The number of aliphatic imine (C=N–C) groups is 2. The molecule has 0 spiro atoms. The molecule has 0 aliphatic rings. The van der Waals surface area contributed by atoms with Crippen LogP contribution in [0.3, 0.4) is 0 Å². The maximum atomic E-state index is 11.2. The molecule has 0 aliphatic heterocycles. The Balaban J connectivity index is 1.77. The minimum absolute atomic E-state index is 0.0636. The maximum absolute atomic E-state index is 11.2. The van der Waals surface area contributed by atoms with Gasteiger partial charge < -0.3 is 25.4 Å². The normalized spacial score (nSPS) is 11.8. The van der Waals surface area contributed by atoms with Crippen LogP contribution in [0.15, 0.2) is 75.1 Å². The third kappa shape index (κ3) is 5.15. The highest BCUT2D eigenvalue weighted by Gasteiger charge is 2.10. The topological polar surface area (TPSA) is 142 Å². The van der Waals surface area contributed by atoms with E-state index < -0.39 is 12.2 Å². The predicted octanol–water partition coefficient (Wildman–Crippen LogP) is 3.56. The molecule has 3 rings (SSSR count). The summed E-state index contributed by atoms with van der Waals surface area (Å²) in [5.41, 5.74) is 14.4. The molecule has 0 unspecified atom stereocenters. The summed E-state index contributed by atoms with van der Waals surface area (Å²) in [6, 6.07) is 17.9. The molecule has 1 heterocycles. The molecule has 0 fully saturated rings. The van der Waals surface area contributed by atoms with E-state index in [1.54, 1.807) is 24.3 Å². The third-order valence-electron chi connectivity index (χ3n) is 4.31. The monoisotopic (exact) mass is 420 g/mol. The minimum Gasteiger partial charge on any atom is -0.456 e. The standard InChI is InChI=1S/C22H20N4O5/c1-29-21(27)25-19(23)15-7-3-13(4-8-15)17-11-12-18(31-17)14-5-9-16(10-6-14)20(24)26-22(28)30-2/h3-12H,1-2H3,(H2,23,25,27)(H2,24,26,28). The van der Waals surface area contributed by atoms with Crippen molar-refractivity contribution in [2.24, 2.45) is 21.5 Å². The summed E-state index contributed by atoms with van der Waals surface area (Å²) in [6.45, 7) is 0. The van der Waals surface area contributed by atoms with Gasteiger partial charge in [-0.2, -0.15) is 9.98 Å². The van der Waals surface area contributed by atoms with Gasteiger partial charge in [0.1, 0.15) is 23.2 Å². The molecule has 9 heteroatoms. The van der Waals surface area contributed by atoms with E-state index in [-0.39, 0.29) is 11.7 Å². The maximum Gasteiger partial charge on any atom is 0.435 e. The van der Waals surface area contributed by atoms with Crippen molar-refractivity contribution >= 4 is 23.9 Å². The van der Waals surface area contributed by atoms with Gasteiger partial charge in [0.25, 0.3) is 0 Å². The Hall–Kier alpha value is -4.40. The van der Waals surface area contributed by atoms with E-state index in [2.05, 4.69) is 19.5 Å². The van der Waals surface area contributed by atoms with E-state index in [9.17, 15) is 9.59 Å². The molecule has 0 aliphatic carbocycles. The van der Waals surface area contributed by atoms with E-state index >= 15 is 0 Å². The highest BCUT2D eigenvalue weighted by Crippen LogP contribution is 2.29. The molecule has 2 amide bonds. The van der Waals surface area contributed by atoms with Crippen LogP contribution in [0.4, 0.5) is 9.59 Å². The number of hydrogen-bond acceptors (Lipinski definition) is 5. The first-order valence-electron chi connectivity index (χ1n) is 9.07. The van der Waals surface area contributed by atoms with Crippen molar-refractivity contribution in [2.45, 2.75) is 0 Å². The molecule has 0 saturated carbocycles. The van der Waals surface area contributed by atoms with Crippen molar-refractivity contribution in [2.75, 3.05) is 14.2 Å². The number of benzene rings is 2. The van der Waals surface area contributed by atoms with E-state index in [1.165, 1.54) is 14.2 Å². The second kappa shape index (κ2) is 9.40. The van der Waals surface area contributed by atoms with Gasteiger partial charge in [0.15, 0.2) is 0 Å². The summed E-state index contributed by atoms with van der Waals surface area (Å²) < 4.78 is 14.9. The summed E-state index contributed by atoms with van der Waals surface area (Å²) in [4.78, 5) is 29.6. The quantitative estimate of drug-likeness (QED) is 0.485. The fourth-order valence-electron chi connectivity index (χ4n) is 2.68. The lowest BCUT2D eigenvalue weighted by molar-refractivity contribution is 0.181. The van der Waals surface area contributed by atoms with Gasteiger partial charge in [0.2, 0.25) is 0 Å². The van der Waals surface area contributed by atoms with Crippen molar-refractivity contribution in [1.82, 2.24) is 0 Å². The van der Waals surface area contributed by atoms with Gasteiger partial charge in [-0.05, 0) is 12.1 Å². The van der Waals surface area contributed by atoms with Crippen molar-refractivity contribution in [3.63, 3.8) is 0 Å². The van der Waals surface area contributed by atoms with Gasteiger partial charge in [-0.1, -0.05) is 48.5 Å². The average molecular weight is 420 g/mol. The largest absolute Gasteiger partial charge is 0.456 e. The minimum atomic E-state index is -0.762. The highest BCUT2D eigenvalue weighted by atomic mass is 16.5. The molecular weight excluding hydrogens is 400 g/mol. The van der Waals surface area contributed by atoms with Crippen LogP contribution in [0.5, 0.6) is 0 Å². The summed E-state index contributed by atoms with van der Waals surface area (Å²) >= 11 is 0. The molecule has 2 aromatic carbocycles. The second-order valence-corrected chi connectivity index (χ2v) is 6.25. The molecule has 4 N–H and O–H groups in total. The summed E-state index contributed by atoms with van der Waals surface area (Å²) in [6.07, 6.45) is -1.52. The molecule has 1 aromatic heterocycles. The van der Waals surface area contributed by atoms with Crippen molar-refractivity contribution in [3.05, 3.63) is 71.8 Å². The van der Waals surface area contributed by atoms with Crippen LogP contribution in [-0.4, -0.2) is 38.1 Å². The van der Waals surface area contributed by atoms with Crippen LogP contribution < -0.4 is 11.5 Å². The molecular formula is C22H20N4O5. The Kier molecular flexibility index (Phi) is 6.46. The van der Waals surface area contributed by atoms with Gasteiger partial charge in [0, 0.05) is 22.3 Å². The van der Waals surface area contributed by atoms with Crippen molar-refractivity contribution in [1.29, 1.82) is 0 Å².